The molecule has 88 valence electrons. The summed E-state index contributed by atoms with van der Waals surface area (Å²) in [5, 5.41) is 3.70. The second-order valence-corrected chi connectivity index (χ2v) is 4.74. The van der Waals surface area contributed by atoms with Crippen molar-refractivity contribution in [1.29, 1.82) is 0 Å². The fraction of sp³-hybridized carbons (Fsp3) is 0.250. The van der Waals surface area contributed by atoms with Gasteiger partial charge in [0.25, 0.3) is 5.56 Å². The SMILES string of the molecule is CN1Cc2[nH]n(-c3ccccc3Cl)c(=O)c2C1. The van der Waals surface area contributed by atoms with E-state index in [0.29, 0.717) is 17.3 Å². The van der Waals surface area contributed by atoms with Gasteiger partial charge in [0, 0.05) is 13.1 Å². The van der Waals surface area contributed by atoms with Crippen LogP contribution in [0.4, 0.5) is 0 Å². The average Bonchev–Trinajstić information content (AvgIpc) is 2.79. The standard InChI is InChI=1S/C12H12ClN3O/c1-15-6-8-10(7-15)14-16(12(8)17)11-5-3-2-4-9(11)13/h2-5,14H,6-7H2,1H3. The van der Waals surface area contributed by atoms with E-state index in [-0.39, 0.29) is 5.56 Å². The highest BCUT2D eigenvalue weighted by Gasteiger charge is 2.23. The lowest BCUT2D eigenvalue weighted by atomic mass is 10.3. The number of hydrogen-bond donors (Lipinski definition) is 1. The lowest BCUT2D eigenvalue weighted by molar-refractivity contribution is 0.346. The second kappa shape index (κ2) is 3.75. The van der Waals surface area contributed by atoms with Crippen LogP contribution in [-0.2, 0) is 13.1 Å². The van der Waals surface area contributed by atoms with E-state index in [1.165, 1.54) is 4.68 Å². The molecule has 1 aliphatic rings. The van der Waals surface area contributed by atoms with Gasteiger partial charge in [-0.15, -0.1) is 0 Å². The van der Waals surface area contributed by atoms with Crippen molar-refractivity contribution in [2.45, 2.75) is 13.1 Å². The number of hydrogen-bond acceptors (Lipinski definition) is 2. The predicted molar refractivity (Wildman–Crippen MR) is 66.6 cm³/mol. The number of rotatable bonds is 1. The molecule has 0 spiro atoms. The third-order valence-corrected chi connectivity index (χ3v) is 3.34. The molecule has 2 aromatic rings. The zero-order valence-electron chi connectivity index (χ0n) is 9.40. The summed E-state index contributed by atoms with van der Waals surface area (Å²) >= 11 is 6.09. The number of nitrogens with zero attached hydrogens (tertiary/aromatic N) is 2. The van der Waals surface area contributed by atoms with Crippen molar-refractivity contribution in [3.63, 3.8) is 0 Å². The predicted octanol–water partition coefficient (Wildman–Crippen LogP) is 1.76. The van der Waals surface area contributed by atoms with E-state index in [0.717, 1.165) is 17.8 Å². The molecule has 0 saturated carbocycles. The zero-order chi connectivity index (χ0) is 12.0. The summed E-state index contributed by atoms with van der Waals surface area (Å²) in [5.41, 5.74) is 2.53. The van der Waals surface area contributed by atoms with Gasteiger partial charge in [0.2, 0.25) is 0 Å². The summed E-state index contributed by atoms with van der Waals surface area (Å²) in [6.45, 7) is 1.48. The molecule has 0 aliphatic carbocycles. The van der Waals surface area contributed by atoms with E-state index in [4.69, 9.17) is 11.6 Å². The largest absolute Gasteiger partial charge is 0.296 e. The molecule has 4 nitrogen and oxygen atoms in total. The van der Waals surface area contributed by atoms with Crippen molar-refractivity contribution in [3.8, 4) is 5.69 Å². The molecule has 1 N–H and O–H groups in total. The molecule has 0 radical (unpaired) electrons. The van der Waals surface area contributed by atoms with E-state index >= 15 is 0 Å². The molecule has 3 rings (SSSR count). The van der Waals surface area contributed by atoms with E-state index in [1.54, 1.807) is 6.07 Å². The van der Waals surface area contributed by atoms with E-state index in [9.17, 15) is 4.79 Å². The Morgan fingerprint density at radius 1 is 1.29 bits per heavy atom. The smallest absolute Gasteiger partial charge is 0.276 e. The third kappa shape index (κ3) is 1.61. The first-order valence-corrected chi connectivity index (χ1v) is 5.81. The van der Waals surface area contributed by atoms with E-state index in [2.05, 4.69) is 10.00 Å². The van der Waals surface area contributed by atoms with Crippen LogP contribution in [0.3, 0.4) is 0 Å². The number of aromatic nitrogens is 2. The summed E-state index contributed by atoms with van der Waals surface area (Å²) in [7, 11) is 1.99. The van der Waals surface area contributed by atoms with Crippen molar-refractivity contribution < 1.29 is 0 Å². The van der Waals surface area contributed by atoms with Crippen LogP contribution in [-0.4, -0.2) is 21.7 Å². The minimum Gasteiger partial charge on any atom is -0.296 e. The lowest BCUT2D eigenvalue weighted by Crippen LogP contribution is -2.21. The molecule has 0 fully saturated rings. The zero-order valence-corrected chi connectivity index (χ0v) is 10.2. The minimum atomic E-state index is -0.00236. The van der Waals surface area contributed by atoms with Crippen LogP contribution in [0.1, 0.15) is 11.3 Å². The van der Waals surface area contributed by atoms with Gasteiger partial charge in [-0.1, -0.05) is 23.7 Å². The Kier molecular flexibility index (Phi) is 2.34. The highest BCUT2D eigenvalue weighted by molar-refractivity contribution is 6.32. The molecule has 5 heteroatoms. The molecule has 0 atom stereocenters. The molecule has 0 amide bonds. The number of halogens is 1. The quantitative estimate of drug-likeness (QED) is 0.837. The molecule has 0 saturated heterocycles. The fourth-order valence-electron chi connectivity index (χ4n) is 2.21. The minimum absolute atomic E-state index is 0.00236. The van der Waals surface area contributed by atoms with Gasteiger partial charge < -0.3 is 0 Å². The Morgan fingerprint density at radius 3 is 2.76 bits per heavy atom. The molecule has 0 bridgehead atoms. The average molecular weight is 250 g/mol. The van der Waals surface area contributed by atoms with Crippen LogP contribution in [0.2, 0.25) is 5.02 Å². The first-order chi connectivity index (χ1) is 8.16. The molecule has 1 aliphatic heterocycles. The Hall–Kier alpha value is -1.52. The van der Waals surface area contributed by atoms with Crippen LogP contribution in [0, 0.1) is 0 Å². The molecule has 1 aromatic heterocycles. The van der Waals surface area contributed by atoms with E-state index < -0.39 is 0 Å². The second-order valence-electron chi connectivity index (χ2n) is 4.33. The summed E-state index contributed by atoms with van der Waals surface area (Å²) in [5.74, 6) is 0. The molecule has 1 aromatic carbocycles. The maximum Gasteiger partial charge on any atom is 0.276 e. The topological polar surface area (TPSA) is 41.0 Å². The summed E-state index contributed by atoms with van der Waals surface area (Å²) in [4.78, 5) is 14.3. The summed E-state index contributed by atoms with van der Waals surface area (Å²) in [6, 6.07) is 7.33. The molecular weight excluding hydrogens is 238 g/mol. The summed E-state index contributed by atoms with van der Waals surface area (Å²) in [6.07, 6.45) is 0. The van der Waals surface area contributed by atoms with E-state index in [1.807, 2.05) is 25.2 Å². The van der Waals surface area contributed by atoms with Gasteiger partial charge in [0.1, 0.15) is 0 Å². The lowest BCUT2D eigenvalue weighted by Gasteiger charge is -2.07. The highest BCUT2D eigenvalue weighted by Crippen LogP contribution is 2.21. The van der Waals surface area contributed by atoms with Crippen molar-refractivity contribution in [2.24, 2.45) is 0 Å². The normalized spacial score (nSPS) is 15.2. The maximum absolute atomic E-state index is 12.2. The van der Waals surface area contributed by atoms with Gasteiger partial charge in [-0.2, -0.15) is 0 Å². The van der Waals surface area contributed by atoms with Crippen molar-refractivity contribution in [2.75, 3.05) is 7.05 Å². The number of H-pyrrole nitrogens is 1. The van der Waals surface area contributed by atoms with Crippen LogP contribution in [0.25, 0.3) is 5.69 Å². The number of fused-ring (bicyclic) bond motifs is 1. The number of nitrogens with one attached hydrogen (secondary N) is 1. The van der Waals surface area contributed by atoms with Gasteiger partial charge in [0.05, 0.1) is 22.0 Å². The first-order valence-electron chi connectivity index (χ1n) is 5.43. The monoisotopic (exact) mass is 249 g/mol. The first kappa shape index (κ1) is 10.6. The Morgan fingerprint density at radius 2 is 2.06 bits per heavy atom. The van der Waals surface area contributed by atoms with Crippen molar-refractivity contribution >= 4 is 11.6 Å². The summed E-state index contributed by atoms with van der Waals surface area (Å²) < 4.78 is 1.53. The van der Waals surface area contributed by atoms with Gasteiger partial charge in [-0.25, -0.2) is 4.68 Å². The Labute approximate surface area is 103 Å². The van der Waals surface area contributed by atoms with Crippen molar-refractivity contribution in [3.05, 3.63) is 50.9 Å². The number of para-hydroxylation sites is 1. The Bertz CT molecular complexity index is 629. The fourth-order valence-corrected chi connectivity index (χ4v) is 2.43. The van der Waals surface area contributed by atoms with Gasteiger partial charge in [0.15, 0.2) is 0 Å². The highest BCUT2D eigenvalue weighted by atomic mass is 35.5. The third-order valence-electron chi connectivity index (χ3n) is 3.02. The molecular formula is C12H12ClN3O. The maximum atomic E-state index is 12.2. The van der Waals surface area contributed by atoms with Crippen LogP contribution < -0.4 is 5.56 Å². The Balaban J connectivity index is 2.16. The van der Waals surface area contributed by atoms with Crippen LogP contribution >= 0.6 is 11.6 Å². The number of benzene rings is 1. The van der Waals surface area contributed by atoms with Crippen molar-refractivity contribution in [1.82, 2.24) is 14.7 Å². The van der Waals surface area contributed by atoms with Crippen LogP contribution in [0.5, 0.6) is 0 Å². The van der Waals surface area contributed by atoms with Gasteiger partial charge in [-0.05, 0) is 19.2 Å². The number of aromatic amines is 1. The van der Waals surface area contributed by atoms with Gasteiger partial charge in [-0.3, -0.25) is 14.8 Å². The molecule has 17 heavy (non-hydrogen) atoms. The van der Waals surface area contributed by atoms with Crippen LogP contribution in [0.15, 0.2) is 29.1 Å². The molecule has 0 unspecified atom stereocenters. The molecule has 2 heterocycles. The van der Waals surface area contributed by atoms with Gasteiger partial charge >= 0.3 is 0 Å².